The summed E-state index contributed by atoms with van der Waals surface area (Å²) in [7, 11) is 0. The van der Waals surface area contributed by atoms with Crippen LogP contribution in [0.5, 0.6) is 11.5 Å². The maximum Gasteiger partial charge on any atom is 0.573 e. The number of amides is 1. The molecule has 2 N–H and O–H groups in total. The van der Waals surface area contributed by atoms with Gasteiger partial charge < -0.3 is 19.9 Å². The first-order chi connectivity index (χ1) is 19.1. The van der Waals surface area contributed by atoms with E-state index in [1.807, 2.05) is 0 Å². The fourth-order valence-electron chi connectivity index (χ4n) is 3.73. The number of nitrogens with zero attached hydrogens (tertiary/aromatic N) is 1. The highest BCUT2D eigenvalue weighted by atomic mass is 19.4. The van der Waals surface area contributed by atoms with E-state index >= 15 is 0 Å². The van der Waals surface area contributed by atoms with Gasteiger partial charge in [0.05, 0.1) is 17.8 Å². The van der Waals surface area contributed by atoms with Gasteiger partial charge in [0.2, 0.25) is 0 Å². The van der Waals surface area contributed by atoms with Crippen LogP contribution in [0.3, 0.4) is 0 Å². The Balaban J connectivity index is 1.54. The highest BCUT2D eigenvalue weighted by molar-refractivity contribution is 5.94. The first-order valence-corrected chi connectivity index (χ1v) is 11.9. The minimum atomic E-state index is -4.80. The lowest BCUT2D eigenvalue weighted by atomic mass is 10.0. The van der Waals surface area contributed by atoms with E-state index in [0.717, 1.165) is 0 Å². The molecule has 4 aromatic rings. The third kappa shape index (κ3) is 7.79. The van der Waals surface area contributed by atoms with Crippen molar-refractivity contribution in [1.82, 2.24) is 10.3 Å². The highest BCUT2D eigenvalue weighted by Crippen LogP contribution is 2.30. The Morgan fingerprint density at radius 1 is 0.825 bits per heavy atom. The number of ether oxygens (including phenoxy) is 2. The topological polar surface area (TPSA) is 97.8 Å². The largest absolute Gasteiger partial charge is 0.573 e. The normalized spacial score (nSPS) is 11.1. The second-order valence-electron chi connectivity index (χ2n) is 8.48. The van der Waals surface area contributed by atoms with Gasteiger partial charge in [-0.1, -0.05) is 18.2 Å². The van der Waals surface area contributed by atoms with Crippen LogP contribution in [0.4, 0.5) is 17.6 Å². The van der Waals surface area contributed by atoms with Gasteiger partial charge >= 0.3 is 12.3 Å². The molecule has 0 radical (unpaired) electrons. The molecule has 11 heteroatoms. The number of nitrogens with one attached hydrogen (secondary N) is 1. The Kier molecular flexibility index (Phi) is 8.63. The van der Waals surface area contributed by atoms with E-state index in [1.165, 1.54) is 48.5 Å². The molecule has 0 bridgehead atoms. The number of hydrogen-bond acceptors (Lipinski definition) is 5. The summed E-state index contributed by atoms with van der Waals surface area (Å²) in [6, 6.07) is 20.8. The zero-order valence-electron chi connectivity index (χ0n) is 20.7. The molecule has 1 heterocycles. The van der Waals surface area contributed by atoms with Gasteiger partial charge in [0.1, 0.15) is 23.9 Å². The average Bonchev–Trinajstić information content (AvgIpc) is 2.92. The molecule has 4 rings (SSSR count). The van der Waals surface area contributed by atoms with Gasteiger partial charge in [-0.15, -0.1) is 13.2 Å². The number of aliphatic carboxylic acids is 1. The average molecular weight is 554 g/mol. The third-order valence-corrected chi connectivity index (χ3v) is 5.63. The number of aromatic nitrogens is 1. The molecule has 0 saturated carbocycles. The number of carboxylic acids is 1. The molecular formula is C29H22F4N2O5. The lowest BCUT2D eigenvalue weighted by Gasteiger charge is -2.14. The molecule has 0 aliphatic heterocycles. The summed E-state index contributed by atoms with van der Waals surface area (Å²) >= 11 is 0. The van der Waals surface area contributed by atoms with E-state index in [4.69, 9.17) is 9.84 Å². The molecule has 1 amide bonds. The van der Waals surface area contributed by atoms with Crippen LogP contribution in [0.15, 0.2) is 84.9 Å². The van der Waals surface area contributed by atoms with Crippen molar-refractivity contribution in [2.75, 3.05) is 6.54 Å². The molecular weight excluding hydrogens is 532 g/mol. The number of rotatable bonds is 10. The van der Waals surface area contributed by atoms with Crippen LogP contribution in [0, 0.1) is 5.82 Å². The molecule has 1 aromatic heterocycles. The number of halogens is 4. The van der Waals surface area contributed by atoms with Crippen LogP contribution in [0.1, 0.15) is 22.5 Å². The fraction of sp³-hybridized carbons (Fsp3) is 0.138. The van der Waals surface area contributed by atoms with Crippen LogP contribution in [-0.2, 0) is 11.4 Å². The lowest BCUT2D eigenvalue weighted by Crippen LogP contribution is -2.25. The van der Waals surface area contributed by atoms with Crippen molar-refractivity contribution in [2.24, 2.45) is 0 Å². The molecule has 0 aliphatic carbocycles. The first kappa shape index (κ1) is 28.1. The molecule has 0 unspecified atom stereocenters. The van der Waals surface area contributed by atoms with Crippen molar-refractivity contribution in [3.63, 3.8) is 0 Å². The zero-order chi connectivity index (χ0) is 28.7. The van der Waals surface area contributed by atoms with Gasteiger partial charge in [-0.05, 0) is 72.3 Å². The van der Waals surface area contributed by atoms with Crippen molar-refractivity contribution in [3.8, 4) is 33.9 Å². The van der Waals surface area contributed by atoms with Gasteiger partial charge in [0.15, 0.2) is 0 Å². The SMILES string of the molecule is O=C(O)CCNC(=O)c1ccc(OCc2nc(-c3ccc(OC(F)(F)F)cc3)ccc2-c2ccc(F)cc2)cc1. The molecule has 7 nitrogen and oxygen atoms in total. The molecule has 40 heavy (non-hydrogen) atoms. The van der Waals surface area contributed by atoms with Crippen LogP contribution >= 0.6 is 0 Å². The predicted octanol–water partition coefficient (Wildman–Crippen LogP) is 6.24. The van der Waals surface area contributed by atoms with Gasteiger partial charge in [-0.3, -0.25) is 9.59 Å². The molecule has 0 spiro atoms. The number of alkyl halides is 3. The van der Waals surface area contributed by atoms with Gasteiger partial charge in [0.25, 0.3) is 5.91 Å². The summed E-state index contributed by atoms with van der Waals surface area (Å²) in [6.45, 7) is -0.0152. The van der Waals surface area contributed by atoms with E-state index in [2.05, 4.69) is 15.0 Å². The molecule has 3 aromatic carbocycles. The highest BCUT2D eigenvalue weighted by Gasteiger charge is 2.31. The van der Waals surface area contributed by atoms with Crippen LogP contribution in [-0.4, -0.2) is 34.9 Å². The summed E-state index contributed by atoms with van der Waals surface area (Å²) in [6.07, 6.45) is -5.00. The van der Waals surface area contributed by atoms with Crippen molar-refractivity contribution >= 4 is 11.9 Å². The van der Waals surface area contributed by atoms with Crippen LogP contribution in [0.25, 0.3) is 22.4 Å². The maximum absolute atomic E-state index is 13.5. The third-order valence-electron chi connectivity index (χ3n) is 5.63. The quantitative estimate of drug-likeness (QED) is 0.225. The summed E-state index contributed by atoms with van der Waals surface area (Å²) in [5.74, 6) is -1.78. The first-order valence-electron chi connectivity index (χ1n) is 11.9. The Bertz CT molecular complexity index is 1470. The van der Waals surface area contributed by atoms with Crippen LogP contribution in [0.2, 0.25) is 0 Å². The standard InChI is InChI=1S/C29H22F4N2O5/c30-21-7-1-18(2-8-21)24-13-14-25(19-3-11-23(12-4-19)40-29(31,32)33)35-26(24)17-39-22-9-5-20(6-10-22)28(38)34-16-15-27(36)37/h1-14H,15-17H2,(H,34,38)(H,36,37). The zero-order valence-corrected chi connectivity index (χ0v) is 20.7. The van der Waals surface area contributed by atoms with E-state index in [0.29, 0.717) is 39.4 Å². The Hall–Kier alpha value is -4.93. The monoisotopic (exact) mass is 554 g/mol. The van der Waals surface area contributed by atoms with E-state index in [-0.39, 0.29) is 25.3 Å². The minimum absolute atomic E-state index is 0.00132. The van der Waals surface area contributed by atoms with Gasteiger partial charge in [-0.2, -0.15) is 0 Å². The molecule has 0 atom stereocenters. The molecule has 206 valence electrons. The fourth-order valence-corrected chi connectivity index (χ4v) is 3.73. The number of pyridine rings is 1. The smallest absolute Gasteiger partial charge is 0.487 e. The molecule has 0 saturated heterocycles. The Morgan fingerprint density at radius 2 is 1.45 bits per heavy atom. The minimum Gasteiger partial charge on any atom is -0.487 e. The van der Waals surface area contributed by atoms with Crippen molar-refractivity contribution in [3.05, 3.63) is 102 Å². The number of carbonyl (C=O) groups is 2. The summed E-state index contributed by atoms with van der Waals surface area (Å²) in [5, 5.41) is 11.2. The van der Waals surface area contributed by atoms with Crippen LogP contribution < -0.4 is 14.8 Å². The van der Waals surface area contributed by atoms with Crippen molar-refractivity contribution in [1.29, 1.82) is 0 Å². The Labute approximate surface area is 226 Å². The Morgan fingerprint density at radius 3 is 2.08 bits per heavy atom. The number of carbonyl (C=O) groups excluding carboxylic acids is 1. The maximum atomic E-state index is 13.5. The van der Waals surface area contributed by atoms with Crippen molar-refractivity contribution < 1.29 is 41.7 Å². The number of carboxylic acid groups (broad SMARTS) is 1. The summed E-state index contributed by atoms with van der Waals surface area (Å²) in [5.41, 5.74) is 3.16. The molecule has 0 fully saturated rings. The molecule has 0 aliphatic rings. The van der Waals surface area contributed by atoms with Gasteiger partial charge in [-0.25, -0.2) is 9.37 Å². The van der Waals surface area contributed by atoms with E-state index in [1.54, 1.807) is 36.4 Å². The van der Waals surface area contributed by atoms with E-state index in [9.17, 15) is 27.2 Å². The van der Waals surface area contributed by atoms with Gasteiger partial charge in [0, 0.05) is 23.2 Å². The number of hydrogen-bond donors (Lipinski definition) is 2. The summed E-state index contributed by atoms with van der Waals surface area (Å²) in [4.78, 5) is 27.4. The van der Waals surface area contributed by atoms with E-state index < -0.39 is 24.1 Å². The summed E-state index contributed by atoms with van der Waals surface area (Å²) < 4.78 is 60.8. The predicted molar refractivity (Wildman–Crippen MR) is 137 cm³/mol. The van der Waals surface area contributed by atoms with Crippen molar-refractivity contribution in [2.45, 2.75) is 19.4 Å². The second-order valence-corrected chi connectivity index (χ2v) is 8.48. The lowest BCUT2D eigenvalue weighted by molar-refractivity contribution is -0.274. The number of benzene rings is 3. The second kappa shape index (κ2) is 12.3.